The molecule has 2 amide bonds. The fourth-order valence-electron chi connectivity index (χ4n) is 1.55. The normalized spacial score (nSPS) is 11.8. The van der Waals surface area contributed by atoms with Gasteiger partial charge in [0.2, 0.25) is 0 Å². The molecule has 0 fully saturated rings. The highest BCUT2D eigenvalue weighted by molar-refractivity contribution is 6.30. The van der Waals surface area contributed by atoms with E-state index in [-0.39, 0.29) is 17.9 Å². The number of urea groups is 1. The minimum Gasteiger partial charge on any atom is -0.462 e. The molecule has 8 heteroatoms. The first-order valence-corrected chi connectivity index (χ1v) is 7.01. The Balaban J connectivity index is 3.14. The van der Waals surface area contributed by atoms with E-state index in [2.05, 4.69) is 5.10 Å². The van der Waals surface area contributed by atoms with Crippen LogP contribution in [0.3, 0.4) is 0 Å². The molecule has 0 aliphatic heterocycles. The molecule has 3 N–H and O–H groups in total. The molecule has 1 aromatic carbocycles. The molecular formula is C15H16ClN3O4. The second-order valence-electron chi connectivity index (χ2n) is 4.32. The highest BCUT2D eigenvalue weighted by atomic mass is 35.5. The number of hydrogen-bond donors (Lipinski definition) is 2. The van der Waals surface area contributed by atoms with Crippen molar-refractivity contribution in [1.82, 2.24) is 5.43 Å². The van der Waals surface area contributed by atoms with Crippen LogP contribution in [0.15, 0.2) is 41.0 Å². The van der Waals surface area contributed by atoms with E-state index in [0.29, 0.717) is 10.6 Å². The third kappa shape index (κ3) is 5.91. The number of ketones is 1. The van der Waals surface area contributed by atoms with E-state index >= 15 is 0 Å². The summed E-state index contributed by atoms with van der Waals surface area (Å²) in [5, 5.41) is 4.12. The number of nitrogens with one attached hydrogen (secondary N) is 1. The molecule has 7 nitrogen and oxygen atoms in total. The van der Waals surface area contributed by atoms with Crippen molar-refractivity contribution in [3.05, 3.63) is 46.5 Å². The Morgan fingerprint density at radius 1 is 1.30 bits per heavy atom. The maximum atomic E-state index is 12.2. The summed E-state index contributed by atoms with van der Waals surface area (Å²) in [7, 11) is 0. The van der Waals surface area contributed by atoms with Crippen molar-refractivity contribution in [2.45, 2.75) is 13.8 Å². The predicted molar refractivity (Wildman–Crippen MR) is 86.3 cm³/mol. The maximum Gasteiger partial charge on any atom is 0.340 e. The first kappa shape index (κ1) is 18.4. The summed E-state index contributed by atoms with van der Waals surface area (Å²) >= 11 is 5.76. The number of benzene rings is 1. The lowest BCUT2D eigenvalue weighted by Gasteiger charge is -2.07. The van der Waals surface area contributed by atoms with Crippen molar-refractivity contribution in [2.24, 2.45) is 10.8 Å². The van der Waals surface area contributed by atoms with E-state index in [1.165, 1.54) is 19.1 Å². The van der Waals surface area contributed by atoms with Gasteiger partial charge in [0.15, 0.2) is 5.78 Å². The summed E-state index contributed by atoms with van der Waals surface area (Å²) in [5.74, 6) is -1.17. The summed E-state index contributed by atoms with van der Waals surface area (Å²) in [6, 6.07) is 5.28. The molecule has 0 saturated carbocycles. The Hall–Kier alpha value is -2.67. The fourth-order valence-corrected chi connectivity index (χ4v) is 1.67. The lowest BCUT2D eigenvalue weighted by Crippen LogP contribution is -2.27. The Bertz CT molecular complexity index is 666. The van der Waals surface area contributed by atoms with Gasteiger partial charge in [-0.15, -0.1) is 0 Å². The van der Waals surface area contributed by atoms with Crippen LogP contribution < -0.4 is 11.2 Å². The Morgan fingerprint density at radius 3 is 2.43 bits per heavy atom. The maximum absolute atomic E-state index is 12.2. The first-order valence-electron chi connectivity index (χ1n) is 6.64. The van der Waals surface area contributed by atoms with Crippen LogP contribution in [0.1, 0.15) is 24.2 Å². The van der Waals surface area contributed by atoms with Crippen molar-refractivity contribution in [3.8, 4) is 0 Å². The minimum atomic E-state index is -0.892. The minimum absolute atomic E-state index is 0.0828. The number of rotatable bonds is 6. The third-order valence-corrected chi connectivity index (χ3v) is 2.88. The number of nitrogens with zero attached hydrogens (tertiary/aromatic N) is 1. The third-order valence-electron chi connectivity index (χ3n) is 2.62. The number of nitrogens with two attached hydrogens (primary N) is 1. The summed E-state index contributed by atoms with van der Waals surface area (Å²) < 4.78 is 4.88. The topological polar surface area (TPSA) is 111 Å². The van der Waals surface area contributed by atoms with Gasteiger partial charge in [-0.05, 0) is 38.1 Å². The van der Waals surface area contributed by atoms with Gasteiger partial charge in [0.05, 0.1) is 17.9 Å². The smallest absolute Gasteiger partial charge is 0.340 e. The van der Waals surface area contributed by atoms with E-state index in [4.69, 9.17) is 22.1 Å². The van der Waals surface area contributed by atoms with E-state index in [1.54, 1.807) is 19.1 Å². The Labute approximate surface area is 138 Å². The Morgan fingerprint density at radius 2 is 1.91 bits per heavy atom. The van der Waals surface area contributed by atoms with Gasteiger partial charge < -0.3 is 10.5 Å². The average Bonchev–Trinajstić information content (AvgIpc) is 2.50. The second-order valence-corrected chi connectivity index (χ2v) is 4.76. The summed E-state index contributed by atoms with van der Waals surface area (Å²) in [4.78, 5) is 34.9. The average molecular weight is 338 g/mol. The van der Waals surface area contributed by atoms with Crippen LogP contribution in [0.4, 0.5) is 4.79 Å². The van der Waals surface area contributed by atoms with E-state index in [9.17, 15) is 14.4 Å². The number of esters is 1. The quantitative estimate of drug-likeness (QED) is 0.272. The fraction of sp³-hybridized carbons (Fsp3) is 0.200. The molecule has 0 bridgehead atoms. The van der Waals surface area contributed by atoms with Crippen molar-refractivity contribution in [1.29, 1.82) is 0 Å². The number of hydrogen-bond acceptors (Lipinski definition) is 5. The molecule has 0 unspecified atom stereocenters. The van der Waals surface area contributed by atoms with Gasteiger partial charge >= 0.3 is 12.0 Å². The van der Waals surface area contributed by atoms with Crippen LogP contribution in [0.25, 0.3) is 0 Å². The van der Waals surface area contributed by atoms with Crippen molar-refractivity contribution in [3.63, 3.8) is 0 Å². The highest BCUT2D eigenvalue weighted by Gasteiger charge is 2.17. The molecule has 0 aromatic heterocycles. The SMILES string of the molecule is CCOC(=O)C(=C/C(=O)c1ccc(Cl)cc1)/C(C)=N/NC(N)=O. The molecule has 0 aliphatic carbocycles. The molecule has 122 valence electrons. The number of amides is 2. The van der Waals surface area contributed by atoms with Crippen molar-refractivity contribution in [2.75, 3.05) is 6.61 Å². The number of carbonyl (C=O) groups is 3. The largest absolute Gasteiger partial charge is 0.462 e. The lowest BCUT2D eigenvalue weighted by molar-refractivity contribution is -0.137. The van der Waals surface area contributed by atoms with Crippen LogP contribution in [-0.2, 0) is 9.53 Å². The molecule has 0 saturated heterocycles. The Kier molecular flexibility index (Phi) is 6.95. The number of hydrazone groups is 1. The molecule has 0 spiro atoms. The molecule has 0 heterocycles. The summed E-state index contributed by atoms with van der Waals surface area (Å²) in [6.45, 7) is 3.19. The number of halogens is 1. The molecule has 0 aliphatic rings. The summed E-state index contributed by atoms with van der Waals surface area (Å²) in [6.07, 6.45) is 1.09. The van der Waals surface area contributed by atoms with Crippen LogP contribution >= 0.6 is 11.6 Å². The summed E-state index contributed by atoms with van der Waals surface area (Å²) in [5.41, 5.74) is 7.25. The van der Waals surface area contributed by atoms with Crippen molar-refractivity contribution < 1.29 is 19.1 Å². The molecule has 1 aromatic rings. The zero-order chi connectivity index (χ0) is 17.4. The lowest BCUT2D eigenvalue weighted by atomic mass is 10.1. The predicted octanol–water partition coefficient (Wildman–Crippen LogP) is 2.06. The van der Waals surface area contributed by atoms with Crippen LogP contribution in [-0.4, -0.2) is 30.1 Å². The van der Waals surface area contributed by atoms with E-state index in [1.807, 2.05) is 5.43 Å². The van der Waals surface area contributed by atoms with E-state index < -0.39 is 17.8 Å². The number of carbonyl (C=O) groups excluding carboxylic acids is 3. The van der Waals surface area contributed by atoms with Gasteiger partial charge in [0.1, 0.15) is 0 Å². The molecule has 0 atom stereocenters. The van der Waals surface area contributed by atoms with Crippen LogP contribution in [0.2, 0.25) is 5.02 Å². The molecule has 23 heavy (non-hydrogen) atoms. The number of allylic oxidation sites excluding steroid dienone is 1. The van der Waals surface area contributed by atoms with Crippen molar-refractivity contribution >= 4 is 35.1 Å². The van der Waals surface area contributed by atoms with Gasteiger partial charge in [0, 0.05) is 16.7 Å². The first-order chi connectivity index (χ1) is 10.8. The zero-order valence-corrected chi connectivity index (χ0v) is 13.4. The van der Waals surface area contributed by atoms with Gasteiger partial charge in [-0.2, -0.15) is 5.10 Å². The second kappa shape index (κ2) is 8.70. The van der Waals surface area contributed by atoms with Gasteiger partial charge in [-0.1, -0.05) is 11.6 Å². The van der Waals surface area contributed by atoms with Gasteiger partial charge in [0.25, 0.3) is 0 Å². The monoisotopic (exact) mass is 337 g/mol. The van der Waals surface area contributed by atoms with Gasteiger partial charge in [-0.3, -0.25) is 4.79 Å². The standard InChI is InChI=1S/C15H16ClN3O4/c1-3-23-14(21)12(9(2)18-19-15(17)22)8-13(20)10-4-6-11(16)7-5-10/h4-8H,3H2,1-2H3,(H3,17,19,22)/b12-8+,18-9+. The molecule has 1 rings (SSSR count). The molecule has 0 radical (unpaired) electrons. The number of ether oxygens (including phenoxy) is 1. The zero-order valence-electron chi connectivity index (χ0n) is 12.6. The molecular weight excluding hydrogens is 322 g/mol. The van der Waals surface area contributed by atoms with E-state index in [0.717, 1.165) is 6.08 Å². The van der Waals surface area contributed by atoms with Crippen LogP contribution in [0, 0.1) is 0 Å². The highest BCUT2D eigenvalue weighted by Crippen LogP contribution is 2.12. The van der Waals surface area contributed by atoms with Crippen LogP contribution in [0.5, 0.6) is 0 Å². The van der Waals surface area contributed by atoms with Gasteiger partial charge in [-0.25, -0.2) is 15.0 Å². The number of primary amides is 1.